The lowest BCUT2D eigenvalue weighted by Crippen LogP contribution is -1.90. The molecule has 0 bridgehead atoms. The third-order valence-electron chi connectivity index (χ3n) is 5.53. The molecule has 5 nitrogen and oxygen atoms in total. The molecule has 0 amide bonds. The first kappa shape index (κ1) is 27.3. The molecule has 0 unspecified atom stereocenters. The molecule has 4 rings (SSSR count). The average Bonchev–Trinajstić information content (AvgIpc) is 2.81. The Balaban J connectivity index is 0.000000223. The summed E-state index contributed by atoms with van der Waals surface area (Å²) in [5.74, 6) is 0. The van der Waals surface area contributed by atoms with Gasteiger partial charge >= 0.3 is 0 Å². The molecule has 35 heavy (non-hydrogen) atoms. The summed E-state index contributed by atoms with van der Waals surface area (Å²) in [4.78, 5) is 10.2. The van der Waals surface area contributed by atoms with E-state index in [4.69, 9.17) is 10.8 Å². The Bertz CT molecular complexity index is 1210. The van der Waals surface area contributed by atoms with Gasteiger partial charge in [0.2, 0.25) is 0 Å². The summed E-state index contributed by atoms with van der Waals surface area (Å²) >= 11 is 0. The van der Waals surface area contributed by atoms with E-state index >= 15 is 0 Å². The van der Waals surface area contributed by atoms with Gasteiger partial charge in [-0.15, -0.1) is 0 Å². The SMILES string of the molecule is CCO.Cc1cccc(C)c1-c1ccc(N)cc1.Cc1cccc(C)c1-c1ccc([N+](=O)[O-])cc1. The summed E-state index contributed by atoms with van der Waals surface area (Å²) in [5, 5.41) is 18.2. The number of benzene rings is 4. The van der Waals surface area contributed by atoms with Crippen LogP contribution in [0, 0.1) is 37.8 Å². The Morgan fingerprint density at radius 1 is 0.686 bits per heavy atom. The van der Waals surface area contributed by atoms with Crippen molar-refractivity contribution in [2.75, 3.05) is 12.3 Å². The van der Waals surface area contributed by atoms with E-state index in [0.29, 0.717) is 0 Å². The summed E-state index contributed by atoms with van der Waals surface area (Å²) in [5.41, 5.74) is 16.3. The second kappa shape index (κ2) is 13.1. The monoisotopic (exact) mass is 470 g/mol. The number of nitro benzene ring substituents is 1. The zero-order valence-electron chi connectivity index (χ0n) is 21.1. The zero-order valence-corrected chi connectivity index (χ0v) is 21.1. The van der Waals surface area contributed by atoms with Crippen molar-refractivity contribution >= 4 is 11.4 Å². The molecule has 0 radical (unpaired) electrons. The first-order valence-electron chi connectivity index (χ1n) is 11.5. The van der Waals surface area contributed by atoms with Crippen molar-refractivity contribution in [3.8, 4) is 22.3 Å². The summed E-state index contributed by atoms with van der Waals surface area (Å²) in [6.07, 6.45) is 0. The molecule has 3 N–H and O–H groups in total. The van der Waals surface area contributed by atoms with Crippen LogP contribution in [0.25, 0.3) is 22.3 Å². The number of aryl methyl sites for hydroxylation is 4. The van der Waals surface area contributed by atoms with Gasteiger partial charge in [0, 0.05) is 24.4 Å². The number of nitrogens with two attached hydrogens (primary N) is 1. The van der Waals surface area contributed by atoms with Gasteiger partial charge in [0.15, 0.2) is 0 Å². The fourth-order valence-corrected chi connectivity index (χ4v) is 3.94. The van der Waals surface area contributed by atoms with Crippen molar-refractivity contribution in [3.63, 3.8) is 0 Å². The molecule has 0 spiro atoms. The lowest BCUT2D eigenvalue weighted by molar-refractivity contribution is -0.384. The Labute approximate surface area is 208 Å². The third kappa shape index (κ3) is 7.52. The van der Waals surface area contributed by atoms with Crippen LogP contribution in [0.3, 0.4) is 0 Å². The maximum atomic E-state index is 10.6. The van der Waals surface area contributed by atoms with Crippen LogP contribution < -0.4 is 5.73 Å². The highest BCUT2D eigenvalue weighted by molar-refractivity contribution is 5.72. The molecule has 0 atom stereocenters. The number of anilines is 1. The number of aliphatic hydroxyl groups excluding tert-OH is 1. The van der Waals surface area contributed by atoms with E-state index in [9.17, 15) is 10.1 Å². The van der Waals surface area contributed by atoms with Crippen molar-refractivity contribution in [1.29, 1.82) is 0 Å². The van der Waals surface area contributed by atoms with Crippen molar-refractivity contribution in [3.05, 3.63) is 117 Å². The van der Waals surface area contributed by atoms with Crippen LogP contribution >= 0.6 is 0 Å². The molecule has 0 aromatic heterocycles. The second-order valence-corrected chi connectivity index (χ2v) is 8.28. The van der Waals surface area contributed by atoms with E-state index in [1.54, 1.807) is 31.2 Å². The van der Waals surface area contributed by atoms with Crippen LogP contribution in [-0.2, 0) is 0 Å². The van der Waals surface area contributed by atoms with E-state index in [0.717, 1.165) is 16.8 Å². The van der Waals surface area contributed by atoms with Crippen LogP contribution in [0.2, 0.25) is 0 Å². The molecule has 0 aliphatic heterocycles. The van der Waals surface area contributed by atoms with Crippen LogP contribution in [-0.4, -0.2) is 16.6 Å². The van der Waals surface area contributed by atoms with E-state index in [-0.39, 0.29) is 17.2 Å². The molecule has 4 aromatic carbocycles. The smallest absolute Gasteiger partial charge is 0.269 e. The van der Waals surface area contributed by atoms with Gasteiger partial charge in [-0.1, -0.05) is 48.5 Å². The summed E-state index contributed by atoms with van der Waals surface area (Å²) in [7, 11) is 0. The number of aliphatic hydroxyl groups is 1. The number of nitrogen functional groups attached to an aromatic ring is 1. The average molecular weight is 471 g/mol. The molecule has 0 heterocycles. The Kier molecular flexibility index (Phi) is 10.2. The highest BCUT2D eigenvalue weighted by Crippen LogP contribution is 2.29. The predicted molar refractivity (Wildman–Crippen MR) is 147 cm³/mol. The van der Waals surface area contributed by atoms with E-state index in [2.05, 4.69) is 44.2 Å². The van der Waals surface area contributed by atoms with Crippen LogP contribution in [0.15, 0.2) is 84.9 Å². The Hall–Kier alpha value is -3.96. The molecular formula is C30H34N2O3. The first-order chi connectivity index (χ1) is 16.7. The van der Waals surface area contributed by atoms with Crippen LogP contribution in [0.5, 0.6) is 0 Å². The maximum Gasteiger partial charge on any atom is 0.269 e. The number of hydrogen-bond donors (Lipinski definition) is 2. The number of hydrogen-bond acceptors (Lipinski definition) is 4. The summed E-state index contributed by atoms with van der Waals surface area (Å²) < 4.78 is 0. The minimum Gasteiger partial charge on any atom is -0.399 e. The number of nitro groups is 1. The molecule has 0 aliphatic carbocycles. The molecule has 182 valence electrons. The zero-order chi connectivity index (χ0) is 26.0. The molecule has 0 fully saturated rings. The lowest BCUT2D eigenvalue weighted by Gasteiger charge is -2.09. The highest BCUT2D eigenvalue weighted by atomic mass is 16.6. The van der Waals surface area contributed by atoms with Gasteiger partial charge < -0.3 is 10.8 Å². The van der Waals surface area contributed by atoms with Gasteiger partial charge in [-0.25, -0.2) is 0 Å². The fourth-order valence-electron chi connectivity index (χ4n) is 3.94. The van der Waals surface area contributed by atoms with E-state index < -0.39 is 0 Å². The first-order valence-corrected chi connectivity index (χ1v) is 11.5. The molecule has 0 saturated carbocycles. The predicted octanol–water partition coefficient (Wildman–Crippen LogP) is 7.43. The quantitative estimate of drug-likeness (QED) is 0.185. The molecule has 0 saturated heterocycles. The Morgan fingerprint density at radius 2 is 1.00 bits per heavy atom. The van der Waals surface area contributed by atoms with Gasteiger partial charge in [-0.2, -0.15) is 0 Å². The largest absolute Gasteiger partial charge is 0.399 e. The summed E-state index contributed by atoms with van der Waals surface area (Å²) in [6.45, 7) is 10.3. The van der Waals surface area contributed by atoms with Gasteiger partial charge in [-0.3, -0.25) is 10.1 Å². The topological polar surface area (TPSA) is 89.4 Å². The van der Waals surface area contributed by atoms with Crippen LogP contribution in [0.4, 0.5) is 11.4 Å². The van der Waals surface area contributed by atoms with E-state index in [1.165, 1.54) is 33.4 Å². The highest BCUT2D eigenvalue weighted by Gasteiger charge is 2.08. The number of nitrogens with zero attached hydrogens (tertiary/aromatic N) is 1. The van der Waals surface area contributed by atoms with Gasteiger partial charge in [0.05, 0.1) is 4.92 Å². The lowest BCUT2D eigenvalue weighted by atomic mass is 9.96. The van der Waals surface area contributed by atoms with Crippen molar-refractivity contribution in [2.45, 2.75) is 34.6 Å². The molecular weight excluding hydrogens is 436 g/mol. The van der Waals surface area contributed by atoms with Crippen molar-refractivity contribution in [1.82, 2.24) is 0 Å². The fraction of sp³-hybridized carbons (Fsp3) is 0.200. The second-order valence-electron chi connectivity index (χ2n) is 8.28. The minimum absolute atomic E-state index is 0.125. The summed E-state index contributed by atoms with van der Waals surface area (Å²) in [6, 6.07) is 27.2. The third-order valence-corrected chi connectivity index (χ3v) is 5.53. The molecule has 5 heteroatoms. The van der Waals surface area contributed by atoms with Crippen molar-refractivity contribution in [2.24, 2.45) is 0 Å². The van der Waals surface area contributed by atoms with Gasteiger partial charge in [0.1, 0.15) is 0 Å². The van der Waals surface area contributed by atoms with Crippen molar-refractivity contribution < 1.29 is 10.0 Å². The van der Waals surface area contributed by atoms with Crippen LogP contribution in [0.1, 0.15) is 29.2 Å². The van der Waals surface area contributed by atoms with Gasteiger partial charge in [-0.05, 0) is 103 Å². The molecule has 4 aromatic rings. The normalized spacial score (nSPS) is 9.89. The Morgan fingerprint density at radius 3 is 1.31 bits per heavy atom. The number of rotatable bonds is 3. The standard InChI is InChI=1S/C14H13NO2.C14H15N.C2H6O/c1-10-4-3-5-11(2)14(10)12-6-8-13(9-7-12)15(16)17;1-10-4-3-5-11(2)14(10)12-6-8-13(15)9-7-12;1-2-3/h3-9H,1-2H3;3-9H,15H2,1-2H3;3H,2H2,1H3. The van der Waals surface area contributed by atoms with E-state index in [1.807, 2.05) is 44.2 Å². The number of non-ortho nitro benzene ring substituents is 1. The minimum atomic E-state index is -0.380. The maximum absolute atomic E-state index is 10.6. The molecule has 0 aliphatic rings. The van der Waals surface area contributed by atoms with Gasteiger partial charge in [0.25, 0.3) is 5.69 Å².